The molecule has 0 bridgehead atoms. The van der Waals surface area contributed by atoms with Crippen molar-refractivity contribution in [3.8, 4) is 0 Å². The minimum atomic E-state index is -0.296. The lowest BCUT2D eigenvalue weighted by atomic mass is 10.1. The van der Waals surface area contributed by atoms with Gasteiger partial charge in [-0.3, -0.25) is 4.98 Å². The van der Waals surface area contributed by atoms with E-state index in [2.05, 4.69) is 21.7 Å². The standard InChI is InChI=1S/C16H15Cl2N3O/c17-14-4-3-13(6-15(14)18)21-16(22)20-8-10-5-12(9-19-7-10)11-1-2-11/h3-7,9,11H,1-2,8H2,(H2,20,21,22). The van der Waals surface area contributed by atoms with Gasteiger partial charge in [0.2, 0.25) is 0 Å². The summed E-state index contributed by atoms with van der Waals surface area (Å²) in [5.74, 6) is 0.650. The van der Waals surface area contributed by atoms with Gasteiger partial charge in [-0.25, -0.2) is 4.79 Å². The molecule has 2 N–H and O–H groups in total. The van der Waals surface area contributed by atoms with Crippen LogP contribution < -0.4 is 10.6 Å². The number of anilines is 1. The number of carbonyl (C=O) groups is 1. The number of nitrogens with one attached hydrogen (secondary N) is 2. The van der Waals surface area contributed by atoms with Crippen molar-refractivity contribution < 1.29 is 4.79 Å². The first-order valence-electron chi connectivity index (χ1n) is 7.05. The first-order chi connectivity index (χ1) is 10.6. The highest BCUT2D eigenvalue weighted by Crippen LogP contribution is 2.39. The van der Waals surface area contributed by atoms with Crippen molar-refractivity contribution in [1.82, 2.24) is 10.3 Å². The van der Waals surface area contributed by atoms with E-state index in [0.717, 1.165) is 5.56 Å². The molecule has 4 nitrogen and oxygen atoms in total. The van der Waals surface area contributed by atoms with Gasteiger partial charge in [0.05, 0.1) is 10.0 Å². The highest BCUT2D eigenvalue weighted by atomic mass is 35.5. The molecule has 1 fully saturated rings. The maximum atomic E-state index is 11.9. The van der Waals surface area contributed by atoms with Crippen LogP contribution in [0.1, 0.15) is 29.9 Å². The third-order valence-electron chi connectivity index (χ3n) is 3.50. The van der Waals surface area contributed by atoms with Crippen LogP contribution in [0.3, 0.4) is 0 Å². The number of aromatic nitrogens is 1. The van der Waals surface area contributed by atoms with Crippen LogP contribution in [0.2, 0.25) is 10.0 Å². The highest BCUT2D eigenvalue weighted by Gasteiger charge is 2.23. The Morgan fingerprint density at radius 1 is 1.18 bits per heavy atom. The molecule has 1 aromatic carbocycles. The Balaban J connectivity index is 1.55. The number of benzene rings is 1. The summed E-state index contributed by atoms with van der Waals surface area (Å²) < 4.78 is 0. The van der Waals surface area contributed by atoms with Crippen LogP contribution in [0.25, 0.3) is 0 Å². The van der Waals surface area contributed by atoms with E-state index in [1.807, 2.05) is 6.20 Å². The summed E-state index contributed by atoms with van der Waals surface area (Å²) in [6, 6.07) is 6.75. The van der Waals surface area contributed by atoms with Gasteiger partial charge in [-0.2, -0.15) is 0 Å². The van der Waals surface area contributed by atoms with Gasteiger partial charge in [0.1, 0.15) is 0 Å². The summed E-state index contributed by atoms with van der Waals surface area (Å²) in [6.07, 6.45) is 6.13. The smallest absolute Gasteiger partial charge is 0.319 e. The van der Waals surface area contributed by atoms with Gasteiger partial charge in [-0.05, 0) is 48.1 Å². The molecule has 22 heavy (non-hydrogen) atoms. The van der Waals surface area contributed by atoms with Crippen LogP contribution >= 0.6 is 23.2 Å². The lowest BCUT2D eigenvalue weighted by Crippen LogP contribution is -2.28. The quantitative estimate of drug-likeness (QED) is 0.858. The number of pyridine rings is 1. The number of carbonyl (C=O) groups excluding carboxylic acids is 1. The number of nitrogens with zero attached hydrogens (tertiary/aromatic N) is 1. The van der Waals surface area contributed by atoms with Crippen LogP contribution in [0.15, 0.2) is 36.7 Å². The van der Waals surface area contributed by atoms with Crippen molar-refractivity contribution in [2.75, 3.05) is 5.32 Å². The van der Waals surface area contributed by atoms with E-state index in [9.17, 15) is 4.79 Å². The Morgan fingerprint density at radius 2 is 2.00 bits per heavy atom. The van der Waals surface area contributed by atoms with Gasteiger partial charge in [-0.1, -0.05) is 29.3 Å². The second-order valence-electron chi connectivity index (χ2n) is 5.34. The number of halogens is 2. The van der Waals surface area contributed by atoms with Gasteiger partial charge in [0.25, 0.3) is 0 Å². The highest BCUT2D eigenvalue weighted by molar-refractivity contribution is 6.42. The minimum absolute atomic E-state index is 0.296. The molecule has 0 radical (unpaired) electrons. The Hall–Kier alpha value is -1.78. The fourth-order valence-electron chi connectivity index (χ4n) is 2.18. The third kappa shape index (κ3) is 3.90. The second-order valence-corrected chi connectivity index (χ2v) is 6.15. The molecular formula is C16H15Cl2N3O. The normalized spacial score (nSPS) is 13.7. The van der Waals surface area contributed by atoms with Gasteiger partial charge >= 0.3 is 6.03 Å². The summed E-state index contributed by atoms with van der Waals surface area (Å²) in [4.78, 5) is 16.1. The largest absolute Gasteiger partial charge is 0.334 e. The van der Waals surface area contributed by atoms with E-state index in [4.69, 9.17) is 23.2 Å². The second kappa shape index (κ2) is 6.55. The van der Waals surface area contributed by atoms with Crippen molar-refractivity contribution in [3.05, 3.63) is 57.8 Å². The van der Waals surface area contributed by atoms with E-state index in [1.165, 1.54) is 18.4 Å². The number of hydrogen-bond acceptors (Lipinski definition) is 2. The predicted octanol–water partition coefficient (Wildman–Crippen LogP) is 4.59. The van der Waals surface area contributed by atoms with E-state index >= 15 is 0 Å². The molecule has 1 saturated carbocycles. The molecule has 1 aliphatic carbocycles. The molecule has 0 atom stereocenters. The maximum absolute atomic E-state index is 11.9. The number of hydrogen-bond donors (Lipinski definition) is 2. The van der Waals surface area contributed by atoms with Crippen molar-refractivity contribution in [2.24, 2.45) is 0 Å². The average Bonchev–Trinajstić information content (AvgIpc) is 3.34. The Labute approximate surface area is 138 Å². The van der Waals surface area contributed by atoms with Crippen LogP contribution in [0.5, 0.6) is 0 Å². The number of amides is 2. The van der Waals surface area contributed by atoms with Gasteiger partial charge < -0.3 is 10.6 Å². The van der Waals surface area contributed by atoms with Crippen LogP contribution in [0.4, 0.5) is 10.5 Å². The van der Waals surface area contributed by atoms with Crippen LogP contribution in [-0.2, 0) is 6.54 Å². The van der Waals surface area contributed by atoms with Crippen LogP contribution in [-0.4, -0.2) is 11.0 Å². The Kier molecular flexibility index (Phi) is 4.50. The Bertz CT molecular complexity index is 702. The molecule has 3 rings (SSSR count). The molecule has 0 unspecified atom stereocenters. The average molecular weight is 336 g/mol. The Morgan fingerprint density at radius 3 is 2.73 bits per heavy atom. The summed E-state index contributed by atoms with van der Waals surface area (Å²) in [5.41, 5.74) is 2.84. The van der Waals surface area contributed by atoms with Gasteiger partial charge in [-0.15, -0.1) is 0 Å². The van der Waals surface area contributed by atoms with Crippen molar-refractivity contribution >= 4 is 34.9 Å². The first kappa shape index (κ1) is 15.1. The lowest BCUT2D eigenvalue weighted by molar-refractivity contribution is 0.251. The van der Waals surface area contributed by atoms with Gasteiger partial charge in [0, 0.05) is 24.6 Å². The molecule has 0 spiro atoms. The van der Waals surface area contributed by atoms with E-state index in [0.29, 0.717) is 28.2 Å². The molecule has 114 valence electrons. The summed E-state index contributed by atoms with van der Waals surface area (Å²) >= 11 is 11.7. The van der Waals surface area contributed by atoms with Gasteiger partial charge in [0.15, 0.2) is 0 Å². The molecule has 0 saturated heterocycles. The SMILES string of the molecule is O=C(NCc1cncc(C2CC2)c1)Nc1ccc(Cl)c(Cl)c1. The lowest BCUT2D eigenvalue weighted by Gasteiger charge is -2.09. The first-order valence-corrected chi connectivity index (χ1v) is 7.81. The zero-order chi connectivity index (χ0) is 15.5. The van der Waals surface area contributed by atoms with Crippen molar-refractivity contribution in [3.63, 3.8) is 0 Å². The molecular weight excluding hydrogens is 321 g/mol. The monoisotopic (exact) mass is 335 g/mol. The molecule has 0 aliphatic heterocycles. The number of urea groups is 1. The molecule has 2 aromatic rings. The van der Waals surface area contributed by atoms with E-state index < -0.39 is 0 Å². The van der Waals surface area contributed by atoms with Crippen molar-refractivity contribution in [2.45, 2.75) is 25.3 Å². The van der Waals surface area contributed by atoms with E-state index in [1.54, 1.807) is 24.4 Å². The molecule has 6 heteroatoms. The van der Waals surface area contributed by atoms with Crippen molar-refractivity contribution in [1.29, 1.82) is 0 Å². The van der Waals surface area contributed by atoms with E-state index in [-0.39, 0.29) is 6.03 Å². The summed E-state index contributed by atoms with van der Waals surface area (Å²) in [5, 5.41) is 6.38. The molecule has 2 amide bonds. The summed E-state index contributed by atoms with van der Waals surface area (Å²) in [7, 11) is 0. The fourth-order valence-corrected chi connectivity index (χ4v) is 2.47. The molecule has 1 aliphatic rings. The topological polar surface area (TPSA) is 54.0 Å². The maximum Gasteiger partial charge on any atom is 0.319 e. The third-order valence-corrected chi connectivity index (χ3v) is 4.23. The zero-order valence-corrected chi connectivity index (χ0v) is 13.3. The fraction of sp³-hybridized carbons (Fsp3) is 0.250. The molecule has 1 heterocycles. The zero-order valence-electron chi connectivity index (χ0n) is 11.8. The van der Waals surface area contributed by atoms with Crippen LogP contribution in [0, 0.1) is 0 Å². The predicted molar refractivity (Wildman–Crippen MR) is 88.5 cm³/mol. The number of rotatable bonds is 4. The summed E-state index contributed by atoms with van der Waals surface area (Å²) in [6.45, 7) is 0.431. The minimum Gasteiger partial charge on any atom is -0.334 e. The molecule has 1 aromatic heterocycles.